The Balaban J connectivity index is 2.56. The minimum atomic E-state index is 0.469. The third-order valence-corrected chi connectivity index (χ3v) is 1.60. The van der Waals surface area contributed by atoms with Gasteiger partial charge in [0.05, 0.1) is 6.61 Å². The van der Waals surface area contributed by atoms with Crippen molar-refractivity contribution in [2.24, 2.45) is 0 Å². The summed E-state index contributed by atoms with van der Waals surface area (Å²) in [4.78, 5) is 8.21. The third-order valence-electron chi connectivity index (χ3n) is 1.60. The van der Waals surface area contributed by atoms with Crippen LogP contribution in [0.25, 0.3) is 0 Å². The maximum Gasteiger partial charge on any atom is 0.316 e. The number of aromatic nitrogens is 2. The van der Waals surface area contributed by atoms with Crippen LogP contribution < -0.4 is 10.1 Å². The molecule has 0 aliphatic carbocycles. The summed E-state index contributed by atoms with van der Waals surface area (Å²) in [7, 11) is 1.92. The highest BCUT2D eigenvalue weighted by Gasteiger charge is 1.98. The van der Waals surface area contributed by atoms with Crippen molar-refractivity contribution in [2.45, 2.75) is 13.3 Å². The second kappa shape index (κ2) is 5.48. The van der Waals surface area contributed by atoms with Gasteiger partial charge in [0.2, 0.25) is 0 Å². The van der Waals surface area contributed by atoms with E-state index in [1.807, 2.05) is 20.0 Å². The Kier molecular flexibility index (Phi) is 4.18. The number of nitrogens with one attached hydrogen (secondary N) is 1. The van der Waals surface area contributed by atoms with Crippen molar-refractivity contribution < 1.29 is 4.74 Å². The van der Waals surface area contributed by atoms with Crippen LogP contribution in [0.2, 0.25) is 0 Å². The van der Waals surface area contributed by atoms with Crippen LogP contribution in [-0.2, 0) is 6.42 Å². The van der Waals surface area contributed by atoms with Gasteiger partial charge in [0.25, 0.3) is 0 Å². The smallest absolute Gasteiger partial charge is 0.316 e. The Morgan fingerprint density at radius 3 is 3.08 bits per heavy atom. The Hall–Kier alpha value is -1.16. The zero-order chi connectivity index (χ0) is 9.52. The zero-order valence-corrected chi connectivity index (χ0v) is 8.08. The van der Waals surface area contributed by atoms with Gasteiger partial charge < -0.3 is 10.1 Å². The van der Waals surface area contributed by atoms with Crippen LogP contribution in [0.15, 0.2) is 12.3 Å². The summed E-state index contributed by atoms with van der Waals surface area (Å²) in [6, 6.07) is 2.37. The second-order valence-corrected chi connectivity index (χ2v) is 2.62. The molecule has 72 valence electrons. The van der Waals surface area contributed by atoms with Crippen molar-refractivity contribution >= 4 is 0 Å². The molecule has 0 aliphatic heterocycles. The fourth-order valence-corrected chi connectivity index (χ4v) is 0.967. The van der Waals surface area contributed by atoms with Gasteiger partial charge >= 0.3 is 6.01 Å². The summed E-state index contributed by atoms with van der Waals surface area (Å²) in [6.45, 7) is 3.45. The summed E-state index contributed by atoms with van der Waals surface area (Å²) in [5.41, 5.74) is 1.01. The summed E-state index contributed by atoms with van der Waals surface area (Å²) < 4.78 is 5.18. The summed E-state index contributed by atoms with van der Waals surface area (Å²) in [5.74, 6) is 0. The number of hydrogen-bond acceptors (Lipinski definition) is 4. The Morgan fingerprint density at radius 1 is 1.54 bits per heavy atom. The van der Waals surface area contributed by atoms with E-state index in [-0.39, 0.29) is 0 Å². The average molecular weight is 181 g/mol. The molecule has 13 heavy (non-hydrogen) atoms. The molecule has 1 aromatic rings. The molecule has 0 atom stereocenters. The van der Waals surface area contributed by atoms with E-state index in [0.29, 0.717) is 12.6 Å². The first-order valence-electron chi connectivity index (χ1n) is 4.46. The van der Waals surface area contributed by atoms with Gasteiger partial charge in [-0.1, -0.05) is 0 Å². The molecule has 0 amide bonds. The number of nitrogens with zero attached hydrogens (tertiary/aromatic N) is 2. The summed E-state index contributed by atoms with van der Waals surface area (Å²) in [5, 5.41) is 3.07. The lowest BCUT2D eigenvalue weighted by molar-refractivity contribution is 0.311. The van der Waals surface area contributed by atoms with E-state index in [1.54, 1.807) is 6.20 Å². The molecule has 0 aliphatic rings. The van der Waals surface area contributed by atoms with E-state index in [1.165, 1.54) is 0 Å². The average Bonchev–Trinajstić information content (AvgIpc) is 2.16. The number of ether oxygens (including phenoxy) is 1. The van der Waals surface area contributed by atoms with E-state index in [2.05, 4.69) is 15.3 Å². The number of likely N-dealkylation sites (N-methyl/N-ethyl adjacent to an activating group) is 1. The van der Waals surface area contributed by atoms with Gasteiger partial charge in [-0.3, -0.25) is 0 Å². The molecule has 0 saturated carbocycles. The van der Waals surface area contributed by atoms with Crippen molar-refractivity contribution in [3.05, 3.63) is 18.0 Å². The normalized spacial score (nSPS) is 10.0. The molecule has 1 rings (SSSR count). The van der Waals surface area contributed by atoms with Crippen molar-refractivity contribution in [3.63, 3.8) is 0 Å². The second-order valence-electron chi connectivity index (χ2n) is 2.62. The Morgan fingerprint density at radius 2 is 2.38 bits per heavy atom. The largest absolute Gasteiger partial charge is 0.464 e. The highest BCUT2D eigenvalue weighted by molar-refractivity contribution is 5.05. The summed E-state index contributed by atoms with van der Waals surface area (Å²) >= 11 is 0. The minimum absolute atomic E-state index is 0.469. The first-order chi connectivity index (χ1) is 6.36. The van der Waals surface area contributed by atoms with Crippen LogP contribution in [0.4, 0.5) is 0 Å². The van der Waals surface area contributed by atoms with Gasteiger partial charge in [-0.15, -0.1) is 0 Å². The van der Waals surface area contributed by atoms with Gasteiger partial charge in [0, 0.05) is 24.9 Å². The predicted molar refractivity (Wildman–Crippen MR) is 50.8 cm³/mol. The van der Waals surface area contributed by atoms with E-state index >= 15 is 0 Å². The molecule has 0 saturated heterocycles. The molecule has 0 aromatic carbocycles. The maximum absolute atomic E-state index is 5.18. The van der Waals surface area contributed by atoms with Gasteiger partial charge in [-0.2, -0.15) is 0 Å². The van der Waals surface area contributed by atoms with Crippen LogP contribution in [0.5, 0.6) is 6.01 Å². The van der Waals surface area contributed by atoms with E-state index in [0.717, 1.165) is 18.7 Å². The van der Waals surface area contributed by atoms with Crippen LogP contribution in [0.3, 0.4) is 0 Å². The van der Waals surface area contributed by atoms with Crippen LogP contribution in [0.1, 0.15) is 12.6 Å². The molecule has 4 heteroatoms. The maximum atomic E-state index is 5.18. The van der Waals surface area contributed by atoms with Crippen molar-refractivity contribution in [1.82, 2.24) is 15.3 Å². The topological polar surface area (TPSA) is 47.0 Å². The number of rotatable bonds is 5. The lowest BCUT2D eigenvalue weighted by Crippen LogP contribution is -2.11. The molecule has 0 spiro atoms. The molecule has 1 N–H and O–H groups in total. The Bertz CT molecular complexity index is 252. The lowest BCUT2D eigenvalue weighted by atomic mass is 10.3. The van der Waals surface area contributed by atoms with Crippen molar-refractivity contribution in [2.75, 3.05) is 20.2 Å². The number of hydrogen-bond donors (Lipinski definition) is 1. The summed E-state index contributed by atoms with van der Waals surface area (Å²) in [6.07, 6.45) is 2.63. The van der Waals surface area contributed by atoms with Crippen molar-refractivity contribution in [1.29, 1.82) is 0 Å². The molecule has 0 unspecified atom stereocenters. The van der Waals surface area contributed by atoms with Crippen LogP contribution in [-0.4, -0.2) is 30.2 Å². The molecular formula is C9H15N3O. The highest BCUT2D eigenvalue weighted by Crippen LogP contribution is 2.02. The van der Waals surface area contributed by atoms with E-state index in [9.17, 15) is 0 Å². The molecule has 0 fully saturated rings. The monoisotopic (exact) mass is 181 g/mol. The highest BCUT2D eigenvalue weighted by atomic mass is 16.5. The van der Waals surface area contributed by atoms with Crippen LogP contribution >= 0.6 is 0 Å². The van der Waals surface area contributed by atoms with Crippen LogP contribution in [0, 0.1) is 0 Å². The first-order valence-corrected chi connectivity index (χ1v) is 4.46. The third kappa shape index (κ3) is 3.38. The van der Waals surface area contributed by atoms with E-state index in [4.69, 9.17) is 4.74 Å². The van der Waals surface area contributed by atoms with Gasteiger partial charge in [0.15, 0.2) is 0 Å². The molecule has 0 bridgehead atoms. The standard InChI is InChI=1S/C9H15N3O/c1-3-13-9-11-7-5-8(12-9)4-6-10-2/h5,7,10H,3-4,6H2,1-2H3. The molecular weight excluding hydrogens is 166 g/mol. The predicted octanol–water partition coefficient (Wildman–Crippen LogP) is 0.637. The van der Waals surface area contributed by atoms with Gasteiger partial charge in [-0.25, -0.2) is 9.97 Å². The molecule has 4 nitrogen and oxygen atoms in total. The van der Waals surface area contributed by atoms with Gasteiger partial charge in [-0.05, 0) is 20.0 Å². The molecule has 0 radical (unpaired) electrons. The minimum Gasteiger partial charge on any atom is -0.464 e. The zero-order valence-electron chi connectivity index (χ0n) is 8.08. The quantitative estimate of drug-likeness (QED) is 0.724. The lowest BCUT2D eigenvalue weighted by Gasteiger charge is -2.02. The fraction of sp³-hybridized carbons (Fsp3) is 0.556. The SMILES string of the molecule is CCOc1nccc(CCNC)n1. The van der Waals surface area contributed by atoms with Crippen molar-refractivity contribution in [3.8, 4) is 6.01 Å². The van der Waals surface area contributed by atoms with E-state index < -0.39 is 0 Å². The first kappa shape index (κ1) is 9.92. The fourth-order valence-electron chi connectivity index (χ4n) is 0.967. The Labute approximate surface area is 78.4 Å². The molecule has 1 aromatic heterocycles. The molecule has 1 heterocycles. The van der Waals surface area contributed by atoms with Gasteiger partial charge in [0.1, 0.15) is 0 Å².